The van der Waals surface area contributed by atoms with Crippen molar-refractivity contribution < 1.29 is 4.74 Å². The van der Waals surface area contributed by atoms with Crippen molar-refractivity contribution in [2.45, 2.75) is 10.1 Å². The van der Waals surface area contributed by atoms with E-state index in [1.165, 1.54) is 11.8 Å². The average Bonchev–Trinajstić information content (AvgIpc) is 3.33. The van der Waals surface area contributed by atoms with E-state index in [9.17, 15) is 0 Å². The van der Waals surface area contributed by atoms with Gasteiger partial charge in [-0.2, -0.15) is 14.7 Å². The molecular formula is C19H15N7OS. The van der Waals surface area contributed by atoms with Crippen LogP contribution in [-0.2, 0) is 7.05 Å². The number of pyridine rings is 1. The van der Waals surface area contributed by atoms with Crippen molar-refractivity contribution in [2.75, 3.05) is 7.11 Å². The van der Waals surface area contributed by atoms with Gasteiger partial charge in [0.25, 0.3) is 0 Å². The highest BCUT2D eigenvalue weighted by Gasteiger charge is 2.12. The number of rotatable bonds is 4. The van der Waals surface area contributed by atoms with Crippen molar-refractivity contribution in [1.82, 2.24) is 34.6 Å². The zero-order valence-corrected chi connectivity index (χ0v) is 16.0. The molecule has 0 spiro atoms. The molecule has 0 unspecified atom stereocenters. The normalized spacial score (nSPS) is 11.4. The minimum Gasteiger partial charge on any atom is -0.496 e. The van der Waals surface area contributed by atoms with Crippen molar-refractivity contribution in [2.24, 2.45) is 7.05 Å². The molecule has 1 aromatic carbocycles. The second kappa shape index (κ2) is 6.61. The number of hydrogen-bond acceptors (Lipinski definition) is 7. The molecule has 4 heterocycles. The Bertz CT molecular complexity index is 1310. The van der Waals surface area contributed by atoms with E-state index in [-0.39, 0.29) is 0 Å². The Labute approximate surface area is 164 Å². The van der Waals surface area contributed by atoms with Crippen LogP contribution < -0.4 is 4.74 Å². The molecule has 0 bridgehead atoms. The van der Waals surface area contributed by atoms with Crippen LogP contribution in [0.2, 0.25) is 0 Å². The Kier molecular flexibility index (Phi) is 3.94. The van der Waals surface area contributed by atoms with Gasteiger partial charge in [-0.05, 0) is 48.2 Å². The maximum absolute atomic E-state index is 5.45. The van der Waals surface area contributed by atoms with E-state index >= 15 is 0 Å². The number of benzene rings is 1. The van der Waals surface area contributed by atoms with E-state index < -0.39 is 0 Å². The van der Waals surface area contributed by atoms with Gasteiger partial charge in [-0.25, -0.2) is 0 Å². The highest BCUT2D eigenvalue weighted by Crippen LogP contribution is 2.32. The van der Waals surface area contributed by atoms with E-state index in [0.29, 0.717) is 10.8 Å². The summed E-state index contributed by atoms with van der Waals surface area (Å²) in [5, 5.41) is 19.1. The first-order valence-electron chi connectivity index (χ1n) is 8.53. The minimum atomic E-state index is 0.683. The molecule has 0 aliphatic rings. The van der Waals surface area contributed by atoms with Crippen molar-refractivity contribution in [1.29, 1.82) is 0 Å². The molecule has 9 heteroatoms. The predicted octanol–water partition coefficient (Wildman–Crippen LogP) is 3.23. The summed E-state index contributed by atoms with van der Waals surface area (Å²) >= 11 is 1.49. The molecular weight excluding hydrogens is 374 g/mol. The van der Waals surface area contributed by atoms with Gasteiger partial charge in [-0.3, -0.25) is 9.67 Å². The minimum absolute atomic E-state index is 0.683. The first-order chi connectivity index (χ1) is 13.7. The highest BCUT2D eigenvalue weighted by molar-refractivity contribution is 7.99. The Morgan fingerprint density at radius 1 is 1.07 bits per heavy atom. The number of fused-ring (bicyclic) bond motifs is 2. The first kappa shape index (κ1) is 16.7. The van der Waals surface area contributed by atoms with Gasteiger partial charge < -0.3 is 4.74 Å². The van der Waals surface area contributed by atoms with Crippen LogP contribution in [0.25, 0.3) is 27.8 Å². The fourth-order valence-electron chi connectivity index (χ4n) is 2.99. The van der Waals surface area contributed by atoms with Crippen LogP contribution in [0.3, 0.4) is 0 Å². The van der Waals surface area contributed by atoms with E-state index in [4.69, 9.17) is 9.84 Å². The topological polar surface area (TPSA) is 83.0 Å². The summed E-state index contributed by atoms with van der Waals surface area (Å²) < 4.78 is 8.95. The summed E-state index contributed by atoms with van der Waals surface area (Å²) in [5.74, 6) is 0.788. The smallest absolute Gasteiger partial charge is 0.217 e. The monoisotopic (exact) mass is 389 g/mol. The summed E-state index contributed by atoms with van der Waals surface area (Å²) in [7, 11) is 3.54. The zero-order valence-electron chi connectivity index (χ0n) is 15.1. The first-order valence-corrected chi connectivity index (χ1v) is 9.35. The number of hydrogen-bond donors (Lipinski definition) is 0. The fraction of sp³-hybridized carbons (Fsp3) is 0.105. The molecule has 0 aliphatic heterocycles. The predicted molar refractivity (Wildman–Crippen MR) is 105 cm³/mol. The highest BCUT2D eigenvalue weighted by atomic mass is 32.2. The number of methoxy groups -OCH3 is 1. The maximum atomic E-state index is 5.45. The second-order valence-electron chi connectivity index (χ2n) is 6.17. The lowest BCUT2D eigenvalue weighted by molar-refractivity contribution is 0.419. The third-order valence-corrected chi connectivity index (χ3v) is 5.26. The quantitative estimate of drug-likeness (QED) is 0.467. The van der Waals surface area contributed by atoms with E-state index in [1.807, 2.05) is 49.6 Å². The number of nitrogens with zero attached hydrogens (tertiary/aromatic N) is 7. The van der Waals surface area contributed by atoms with Gasteiger partial charge in [0.15, 0.2) is 5.65 Å². The second-order valence-corrected chi connectivity index (χ2v) is 7.21. The largest absolute Gasteiger partial charge is 0.496 e. The molecule has 0 aliphatic carbocycles. The van der Waals surface area contributed by atoms with Gasteiger partial charge >= 0.3 is 0 Å². The standard InChI is InChI=1S/C19H15N7OS/c1-25-11-12(10-21-25)15-5-6-18-22-23-19(26(18)24-15)28-13-3-4-16-14(9-13)17(27-2)7-8-20-16/h3-11H,1-2H3. The van der Waals surface area contributed by atoms with Gasteiger partial charge in [-0.1, -0.05) is 0 Å². The lowest BCUT2D eigenvalue weighted by Gasteiger charge is -2.06. The Hall–Kier alpha value is -3.46. The third kappa shape index (κ3) is 2.85. The lowest BCUT2D eigenvalue weighted by Crippen LogP contribution is -1.96. The summed E-state index contributed by atoms with van der Waals surface area (Å²) in [6.45, 7) is 0. The van der Waals surface area contributed by atoms with Gasteiger partial charge in [0.1, 0.15) is 5.75 Å². The molecule has 0 saturated carbocycles. The summed E-state index contributed by atoms with van der Waals surface area (Å²) in [6, 6.07) is 11.7. The Morgan fingerprint density at radius 2 is 2.00 bits per heavy atom. The SMILES string of the molecule is COc1ccnc2ccc(Sc3nnc4ccc(-c5cnn(C)c5)nn34)cc12. The molecule has 0 radical (unpaired) electrons. The molecule has 0 atom stereocenters. The molecule has 8 nitrogen and oxygen atoms in total. The van der Waals surface area contributed by atoms with Crippen LogP contribution in [0, 0.1) is 0 Å². The van der Waals surface area contributed by atoms with Crippen molar-refractivity contribution in [3.63, 3.8) is 0 Å². The maximum Gasteiger partial charge on any atom is 0.217 e. The average molecular weight is 389 g/mol. The zero-order chi connectivity index (χ0) is 19.1. The van der Waals surface area contributed by atoms with E-state index in [0.717, 1.165) is 32.8 Å². The van der Waals surface area contributed by atoms with Crippen molar-refractivity contribution in [3.8, 4) is 17.0 Å². The van der Waals surface area contributed by atoms with Crippen LogP contribution >= 0.6 is 11.8 Å². The number of aromatic nitrogens is 7. The fourth-order valence-corrected chi connectivity index (χ4v) is 3.81. The molecule has 0 N–H and O–H groups in total. The van der Waals surface area contributed by atoms with Crippen molar-refractivity contribution in [3.05, 3.63) is 55.0 Å². The number of ether oxygens (including phenoxy) is 1. The van der Waals surface area contributed by atoms with E-state index in [1.54, 1.807) is 28.7 Å². The molecule has 5 rings (SSSR count). The summed E-state index contributed by atoms with van der Waals surface area (Å²) in [6.07, 6.45) is 5.45. The van der Waals surface area contributed by atoms with Crippen LogP contribution in [-0.4, -0.2) is 41.7 Å². The van der Waals surface area contributed by atoms with Crippen LogP contribution in [0.5, 0.6) is 5.75 Å². The van der Waals surface area contributed by atoms with Gasteiger partial charge in [-0.15, -0.1) is 10.2 Å². The summed E-state index contributed by atoms with van der Waals surface area (Å²) in [4.78, 5) is 5.38. The Balaban J connectivity index is 1.55. The molecule has 4 aromatic heterocycles. The summed E-state index contributed by atoms with van der Waals surface area (Å²) in [5.41, 5.74) is 3.32. The van der Waals surface area contributed by atoms with E-state index in [2.05, 4.69) is 20.3 Å². The van der Waals surface area contributed by atoms with Gasteiger partial charge in [0, 0.05) is 35.3 Å². The number of aryl methyl sites for hydroxylation is 1. The van der Waals surface area contributed by atoms with Gasteiger partial charge in [0.2, 0.25) is 5.16 Å². The van der Waals surface area contributed by atoms with Crippen LogP contribution in [0.1, 0.15) is 0 Å². The molecule has 0 fully saturated rings. The molecule has 5 aromatic rings. The molecule has 28 heavy (non-hydrogen) atoms. The molecule has 138 valence electrons. The Morgan fingerprint density at radius 3 is 2.82 bits per heavy atom. The van der Waals surface area contributed by atoms with Crippen LogP contribution in [0.15, 0.2) is 65.0 Å². The van der Waals surface area contributed by atoms with Crippen molar-refractivity contribution >= 4 is 28.3 Å². The van der Waals surface area contributed by atoms with Gasteiger partial charge in [0.05, 0.1) is 24.5 Å². The third-order valence-electron chi connectivity index (χ3n) is 4.34. The molecule has 0 amide bonds. The lowest BCUT2D eigenvalue weighted by atomic mass is 10.2. The molecule has 0 saturated heterocycles. The van der Waals surface area contributed by atoms with Crippen LogP contribution in [0.4, 0.5) is 0 Å².